The van der Waals surface area contributed by atoms with Gasteiger partial charge in [0.15, 0.2) is 0 Å². The highest BCUT2D eigenvalue weighted by Crippen LogP contribution is 2.29. The lowest BCUT2D eigenvalue weighted by Crippen LogP contribution is -2.29. The van der Waals surface area contributed by atoms with Gasteiger partial charge in [-0.1, -0.05) is 6.07 Å². The molecule has 30 heavy (non-hydrogen) atoms. The summed E-state index contributed by atoms with van der Waals surface area (Å²) in [7, 11) is 0. The van der Waals surface area contributed by atoms with Crippen molar-refractivity contribution >= 4 is 17.5 Å². The molecule has 1 amide bonds. The third-order valence-electron chi connectivity index (χ3n) is 4.18. The lowest BCUT2D eigenvalue weighted by Gasteiger charge is -2.12. The van der Waals surface area contributed by atoms with Gasteiger partial charge in [-0.2, -0.15) is 13.2 Å². The SMILES string of the molecule is Cc1cc(Nc2nccc(C(F)(F)F)n2)cc(-c2cnc(C(CN)C(N)=O)nc2)c1. The average molecular weight is 417 g/mol. The summed E-state index contributed by atoms with van der Waals surface area (Å²) < 4.78 is 38.6. The van der Waals surface area contributed by atoms with Gasteiger partial charge in [0.05, 0.1) is 0 Å². The highest BCUT2D eigenvalue weighted by Gasteiger charge is 2.32. The van der Waals surface area contributed by atoms with Gasteiger partial charge in [0, 0.05) is 36.4 Å². The van der Waals surface area contributed by atoms with Crippen molar-refractivity contribution in [1.29, 1.82) is 0 Å². The Bertz CT molecular complexity index is 1050. The topological polar surface area (TPSA) is 133 Å². The lowest BCUT2D eigenvalue weighted by molar-refractivity contribution is -0.141. The van der Waals surface area contributed by atoms with Crippen LogP contribution in [0.3, 0.4) is 0 Å². The van der Waals surface area contributed by atoms with Crippen LogP contribution in [0, 0.1) is 6.92 Å². The third kappa shape index (κ3) is 4.87. The van der Waals surface area contributed by atoms with Crippen LogP contribution in [0.4, 0.5) is 24.8 Å². The van der Waals surface area contributed by atoms with E-state index in [1.165, 1.54) is 12.4 Å². The molecule has 11 heteroatoms. The predicted octanol–water partition coefficient (Wildman–Crippen LogP) is 2.53. The molecule has 0 aliphatic carbocycles. The van der Waals surface area contributed by atoms with E-state index in [1.807, 2.05) is 13.0 Å². The van der Waals surface area contributed by atoms with Crippen LogP contribution in [-0.4, -0.2) is 32.4 Å². The van der Waals surface area contributed by atoms with E-state index in [0.29, 0.717) is 16.8 Å². The molecule has 156 valence electrons. The maximum absolute atomic E-state index is 12.9. The van der Waals surface area contributed by atoms with Crippen molar-refractivity contribution in [2.75, 3.05) is 11.9 Å². The third-order valence-corrected chi connectivity index (χ3v) is 4.18. The van der Waals surface area contributed by atoms with Gasteiger partial charge in [-0.3, -0.25) is 4.79 Å². The number of rotatable bonds is 6. The summed E-state index contributed by atoms with van der Waals surface area (Å²) in [5.41, 5.74) is 12.5. The van der Waals surface area contributed by atoms with E-state index < -0.39 is 23.7 Å². The van der Waals surface area contributed by atoms with E-state index in [-0.39, 0.29) is 18.3 Å². The minimum absolute atomic E-state index is 0.00974. The number of nitrogens with one attached hydrogen (secondary N) is 1. The Kier molecular flexibility index (Phi) is 5.92. The van der Waals surface area contributed by atoms with Gasteiger partial charge in [0.1, 0.15) is 17.4 Å². The van der Waals surface area contributed by atoms with Crippen molar-refractivity contribution in [3.8, 4) is 11.1 Å². The molecular weight excluding hydrogens is 399 g/mol. The number of nitrogens with two attached hydrogens (primary N) is 2. The molecule has 0 spiro atoms. The molecule has 1 aromatic carbocycles. The second-order valence-corrected chi connectivity index (χ2v) is 6.50. The number of primary amides is 1. The smallest absolute Gasteiger partial charge is 0.369 e. The highest BCUT2D eigenvalue weighted by atomic mass is 19.4. The molecule has 2 aromatic heterocycles. The van der Waals surface area contributed by atoms with E-state index in [2.05, 4.69) is 25.3 Å². The monoisotopic (exact) mass is 417 g/mol. The second-order valence-electron chi connectivity index (χ2n) is 6.50. The summed E-state index contributed by atoms with van der Waals surface area (Å²) in [6.07, 6.45) is -0.489. The van der Waals surface area contributed by atoms with E-state index in [4.69, 9.17) is 11.5 Å². The number of anilines is 2. The Labute approximate surface area is 169 Å². The minimum Gasteiger partial charge on any atom is -0.369 e. The number of carbonyl (C=O) groups is 1. The molecular formula is C19H18F3N7O. The molecule has 0 saturated carbocycles. The molecule has 5 N–H and O–H groups in total. The fourth-order valence-corrected chi connectivity index (χ4v) is 2.74. The number of hydrogen-bond donors (Lipinski definition) is 3. The zero-order valence-corrected chi connectivity index (χ0v) is 15.8. The van der Waals surface area contributed by atoms with Crippen molar-refractivity contribution in [3.05, 3.63) is 59.9 Å². The van der Waals surface area contributed by atoms with Gasteiger partial charge in [-0.25, -0.2) is 19.9 Å². The van der Waals surface area contributed by atoms with Gasteiger partial charge in [-0.05, 0) is 36.2 Å². The number of aromatic nitrogens is 4. The fraction of sp³-hybridized carbons (Fsp3) is 0.211. The molecule has 3 aromatic rings. The number of aryl methyl sites for hydroxylation is 1. The summed E-state index contributed by atoms with van der Waals surface area (Å²) in [5, 5.41) is 2.78. The van der Waals surface area contributed by atoms with E-state index in [0.717, 1.165) is 17.8 Å². The van der Waals surface area contributed by atoms with Crippen molar-refractivity contribution in [2.24, 2.45) is 11.5 Å². The normalized spacial score (nSPS) is 12.4. The second kappa shape index (κ2) is 8.41. The molecule has 0 aliphatic heterocycles. The first-order chi connectivity index (χ1) is 14.2. The number of carbonyl (C=O) groups excluding carboxylic acids is 1. The van der Waals surface area contributed by atoms with Crippen LogP contribution < -0.4 is 16.8 Å². The number of amides is 1. The maximum Gasteiger partial charge on any atom is 0.433 e. The molecule has 2 heterocycles. The summed E-state index contributed by atoms with van der Waals surface area (Å²) in [4.78, 5) is 27.1. The van der Waals surface area contributed by atoms with E-state index in [9.17, 15) is 18.0 Å². The standard InChI is InChI=1S/C19H18F3N7O/c1-10-4-11(12-8-26-17(27-9-12)14(7-23)16(24)30)6-13(5-10)28-18-25-3-2-15(29-18)19(20,21)22/h2-6,8-9,14H,7,23H2,1H3,(H2,24,30)(H,25,28,29). The fourth-order valence-electron chi connectivity index (χ4n) is 2.74. The van der Waals surface area contributed by atoms with Crippen molar-refractivity contribution in [2.45, 2.75) is 19.0 Å². The van der Waals surface area contributed by atoms with Gasteiger partial charge >= 0.3 is 6.18 Å². The number of nitrogens with zero attached hydrogens (tertiary/aromatic N) is 4. The average Bonchev–Trinajstić information content (AvgIpc) is 2.68. The number of hydrogen-bond acceptors (Lipinski definition) is 7. The van der Waals surface area contributed by atoms with Gasteiger partial charge in [0.25, 0.3) is 0 Å². The van der Waals surface area contributed by atoms with Crippen molar-refractivity contribution in [1.82, 2.24) is 19.9 Å². The summed E-state index contributed by atoms with van der Waals surface area (Å²) >= 11 is 0. The first kappa shape index (κ1) is 21.1. The van der Waals surface area contributed by atoms with Crippen LogP contribution in [0.1, 0.15) is 23.0 Å². The molecule has 0 saturated heterocycles. The first-order valence-electron chi connectivity index (χ1n) is 8.78. The van der Waals surface area contributed by atoms with Crippen LogP contribution in [-0.2, 0) is 11.0 Å². The van der Waals surface area contributed by atoms with Crippen LogP contribution in [0.2, 0.25) is 0 Å². The van der Waals surface area contributed by atoms with Gasteiger partial charge < -0.3 is 16.8 Å². The molecule has 0 bridgehead atoms. The van der Waals surface area contributed by atoms with Crippen molar-refractivity contribution in [3.63, 3.8) is 0 Å². The quantitative estimate of drug-likeness (QED) is 0.561. The number of benzene rings is 1. The minimum atomic E-state index is -4.57. The van der Waals surface area contributed by atoms with Crippen LogP contribution >= 0.6 is 0 Å². The van der Waals surface area contributed by atoms with Crippen LogP contribution in [0.25, 0.3) is 11.1 Å². The largest absolute Gasteiger partial charge is 0.433 e. The molecule has 0 fully saturated rings. The zero-order chi connectivity index (χ0) is 21.9. The predicted molar refractivity (Wildman–Crippen MR) is 104 cm³/mol. The van der Waals surface area contributed by atoms with Crippen LogP contribution in [0.5, 0.6) is 0 Å². The lowest BCUT2D eigenvalue weighted by atomic mass is 10.0. The van der Waals surface area contributed by atoms with E-state index >= 15 is 0 Å². The maximum atomic E-state index is 12.9. The Balaban J connectivity index is 1.88. The van der Waals surface area contributed by atoms with Gasteiger partial charge in [0.2, 0.25) is 11.9 Å². The Morgan fingerprint density at radius 3 is 2.43 bits per heavy atom. The first-order valence-corrected chi connectivity index (χ1v) is 8.78. The summed E-state index contributed by atoms with van der Waals surface area (Å²) in [6.45, 7) is 1.82. The van der Waals surface area contributed by atoms with Crippen LogP contribution in [0.15, 0.2) is 42.9 Å². The molecule has 3 rings (SSSR count). The molecule has 8 nitrogen and oxygen atoms in total. The summed E-state index contributed by atoms with van der Waals surface area (Å²) in [5.74, 6) is -1.36. The Morgan fingerprint density at radius 1 is 1.13 bits per heavy atom. The Hall–Kier alpha value is -3.60. The van der Waals surface area contributed by atoms with Crippen molar-refractivity contribution < 1.29 is 18.0 Å². The number of alkyl halides is 3. The van der Waals surface area contributed by atoms with E-state index in [1.54, 1.807) is 12.1 Å². The summed E-state index contributed by atoms with van der Waals surface area (Å²) in [6, 6.07) is 6.08. The zero-order valence-electron chi connectivity index (χ0n) is 15.8. The number of halogens is 3. The molecule has 1 atom stereocenters. The molecule has 0 radical (unpaired) electrons. The molecule has 1 unspecified atom stereocenters. The highest BCUT2D eigenvalue weighted by molar-refractivity contribution is 5.81. The Morgan fingerprint density at radius 2 is 1.83 bits per heavy atom. The molecule has 0 aliphatic rings. The van der Waals surface area contributed by atoms with Gasteiger partial charge in [-0.15, -0.1) is 0 Å².